The van der Waals surface area contributed by atoms with E-state index in [-0.39, 0.29) is 29.8 Å². The van der Waals surface area contributed by atoms with Gasteiger partial charge in [-0.3, -0.25) is 13.9 Å². The van der Waals surface area contributed by atoms with Crippen LogP contribution < -0.4 is 9.62 Å². The Hall–Kier alpha value is -3.95. The molecular formula is C36H38BrN3O4S. The number of carbonyl (C=O) groups excluding carboxylic acids is 2. The summed E-state index contributed by atoms with van der Waals surface area (Å²) in [6.45, 7) is 1.54. The van der Waals surface area contributed by atoms with Crippen LogP contribution in [0.2, 0.25) is 0 Å². The lowest BCUT2D eigenvalue weighted by Crippen LogP contribution is -2.54. The van der Waals surface area contributed by atoms with Crippen LogP contribution in [-0.2, 0) is 32.6 Å². The first-order chi connectivity index (χ1) is 21.7. The molecule has 0 radical (unpaired) electrons. The molecule has 0 heterocycles. The van der Waals surface area contributed by atoms with Crippen molar-refractivity contribution in [3.8, 4) is 0 Å². The Morgan fingerprint density at radius 2 is 1.49 bits per heavy atom. The topological polar surface area (TPSA) is 86.8 Å². The molecule has 1 fully saturated rings. The Balaban J connectivity index is 1.56. The van der Waals surface area contributed by atoms with Gasteiger partial charge in [0.15, 0.2) is 0 Å². The molecule has 4 aromatic rings. The molecule has 234 valence electrons. The third-order valence-corrected chi connectivity index (χ3v) is 10.5. The van der Waals surface area contributed by atoms with Crippen molar-refractivity contribution in [2.75, 3.05) is 10.8 Å². The number of hydrogen-bond donors (Lipinski definition) is 1. The summed E-state index contributed by atoms with van der Waals surface area (Å²) in [7, 11) is -4.12. The van der Waals surface area contributed by atoms with E-state index in [1.807, 2.05) is 67.6 Å². The molecule has 7 nitrogen and oxygen atoms in total. The summed E-state index contributed by atoms with van der Waals surface area (Å²) in [5.74, 6) is -0.703. The van der Waals surface area contributed by atoms with Gasteiger partial charge in [-0.2, -0.15) is 0 Å². The second-order valence-corrected chi connectivity index (χ2v) is 14.3. The van der Waals surface area contributed by atoms with Gasteiger partial charge in [-0.1, -0.05) is 102 Å². The number of nitrogens with zero attached hydrogens (tertiary/aromatic N) is 2. The Morgan fingerprint density at radius 1 is 0.844 bits per heavy atom. The van der Waals surface area contributed by atoms with Crippen LogP contribution in [0.4, 0.5) is 5.69 Å². The lowest BCUT2D eigenvalue weighted by atomic mass is 10.0. The number of rotatable bonds is 12. The van der Waals surface area contributed by atoms with Gasteiger partial charge in [0.1, 0.15) is 12.6 Å². The normalized spacial score (nSPS) is 14.1. The number of halogens is 1. The molecule has 0 aromatic heterocycles. The Kier molecular flexibility index (Phi) is 10.7. The van der Waals surface area contributed by atoms with Crippen molar-refractivity contribution in [1.29, 1.82) is 0 Å². The number of nitrogens with one attached hydrogen (secondary N) is 1. The first kappa shape index (κ1) is 32.4. The van der Waals surface area contributed by atoms with E-state index in [1.54, 1.807) is 41.3 Å². The predicted molar refractivity (Wildman–Crippen MR) is 181 cm³/mol. The molecule has 5 rings (SSSR count). The first-order valence-corrected chi connectivity index (χ1v) is 17.5. The summed E-state index contributed by atoms with van der Waals surface area (Å²) in [6, 6.07) is 31.6. The standard InChI is InChI=1S/C36H38BrN3O4S/c1-27-11-10-16-32(23-27)40(45(43,44)33-17-6-3-7-18-33)26-35(41)39(25-29-19-21-30(37)22-20-29)34(24-28-12-4-2-5-13-28)36(42)38-31-14-8-9-15-31/h2-7,10-13,16-23,31,34H,8-9,14-15,24-26H2,1H3,(H,38,42)/t34-/m0/s1. The minimum atomic E-state index is -4.12. The van der Waals surface area contributed by atoms with Crippen LogP contribution in [0, 0.1) is 6.92 Å². The van der Waals surface area contributed by atoms with Crippen LogP contribution in [0.25, 0.3) is 0 Å². The van der Waals surface area contributed by atoms with Crippen molar-refractivity contribution < 1.29 is 18.0 Å². The average molecular weight is 689 g/mol. The molecule has 1 saturated carbocycles. The first-order valence-electron chi connectivity index (χ1n) is 15.2. The minimum absolute atomic E-state index is 0.0580. The van der Waals surface area contributed by atoms with Crippen LogP contribution in [-0.4, -0.2) is 43.8 Å². The zero-order valence-corrected chi connectivity index (χ0v) is 27.7. The van der Waals surface area contributed by atoms with Crippen molar-refractivity contribution in [3.05, 3.63) is 130 Å². The zero-order chi connectivity index (χ0) is 31.8. The fraction of sp³-hybridized carbons (Fsp3) is 0.278. The third-order valence-electron chi connectivity index (χ3n) is 8.14. The molecule has 45 heavy (non-hydrogen) atoms. The molecule has 1 aliphatic carbocycles. The lowest BCUT2D eigenvalue weighted by molar-refractivity contribution is -0.140. The zero-order valence-electron chi connectivity index (χ0n) is 25.3. The number of carbonyl (C=O) groups is 2. The van der Waals surface area contributed by atoms with Gasteiger partial charge in [0.2, 0.25) is 11.8 Å². The molecule has 0 bridgehead atoms. The van der Waals surface area contributed by atoms with Gasteiger partial charge in [0.25, 0.3) is 10.0 Å². The van der Waals surface area contributed by atoms with E-state index in [4.69, 9.17) is 0 Å². The van der Waals surface area contributed by atoms with Crippen molar-refractivity contribution in [1.82, 2.24) is 10.2 Å². The fourth-order valence-corrected chi connectivity index (χ4v) is 7.43. The highest BCUT2D eigenvalue weighted by atomic mass is 79.9. The Labute approximate surface area is 274 Å². The molecule has 2 amide bonds. The quantitative estimate of drug-likeness (QED) is 0.181. The monoisotopic (exact) mass is 687 g/mol. The van der Waals surface area contributed by atoms with Crippen molar-refractivity contribution in [2.24, 2.45) is 0 Å². The van der Waals surface area contributed by atoms with E-state index in [0.717, 1.165) is 51.2 Å². The number of benzene rings is 4. The maximum absolute atomic E-state index is 14.6. The fourth-order valence-electron chi connectivity index (χ4n) is 5.74. The number of sulfonamides is 1. The van der Waals surface area contributed by atoms with Crippen LogP contribution in [0.5, 0.6) is 0 Å². The van der Waals surface area contributed by atoms with E-state index in [0.29, 0.717) is 5.69 Å². The van der Waals surface area contributed by atoms with Gasteiger partial charge in [-0.15, -0.1) is 0 Å². The summed E-state index contributed by atoms with van der Waals surface area (Å²) < 4.78 is 30.2. The summed E-state index contributed by atoms with van der Waals surface area (Å²) in [4.78, 5) is 30.3. The molecule has 0 unspecified atom stereocenters. The Morgan fingerprint density at radius 3 is 2.13 bits per heavy atom. The van der Waals surface area contributed by atoms with Crippen molar-refractivity contribution >= 4 is 43.5 Å². The Bertz CT molecular complexity index is 1690. The van der Waals surface area contributed by atoms with Gasteiger partial charge >= 0.3 is 0 Å². The second kappa shape index (κ2) is 14.9. The van der Waals surface area contributed by atoms with Crippen molar-refractivity contribution in [3.63, 3.8) is 0 Å². The summed E-state index contributed by atoms with van der Waals surface area (Å²) >= 11 is 3.48. The molecule has 9 heteroatoms. The minimum Gasteiger partial charge on any atom is -0.352 e. The second-order valence-electron chi connectivity index (χ2n) is 11.5. The summed E-state index contributed by atoms with van der Waals surface area (Å²) in [5, 5.41) is 3.21. The molecule has 4 aromatic carbocycles. The van der Waals surface area contributed by atoms with E-state index in [2.05, 4.69) is 21.2 Å². The van der Waals surface area contributed by atoms with Gasteiger partial charge in [0, 0.05) is 23.5 Å². The molecule has 0 spiro atoms. The van der Waals surface area contributed by atoms with E-state index >= 15 is 0 Å². The van der Waals surface area contributed by atoms with Crippen LogP contribution in [0.1, 0.15) is 42.4 Å². The van der Waals surface area contributed by atoms with Gasteiger partial charge in [-0.25, -0.2) is 8.42 Å². The molecule has 0 saturated heterocycles. The SMILES string of the molecule is Cc1cccc(N(CC(=O)N(Cc2ccc(Br)cc2)[C@@H](Cc2ccccc2)C(=O)NC2CCCC2)S(=O)(=O)c2ccccc2)c1. The molecule has 1 N–H and O–H groups in total. The summed E-state index contributed by atoms with van der Waals surface area (Å²) in [6.07, 6.45) is 4.20. The van der Waals surface area contributed by atoms with Gasteiger partial charge < -0.3 is 10.2 Å². The van der Waals surface area contributed by atoms with E-state index in [1.165, 1.54) is 12.1 Å². The maximum atomic E-state index is 14.6. The lowest BCUT2D eigenvalue weighted by Gasteiger charge is -2.34. The number of amides is 2. The third kappa shape index (κ3) is 8.41. The molecule has 0 aliphatic heterocycles. The maximum Gasteiger partial charge on any atom is 0.264 e. The number of aryl methyl sites for hydroxylation is 1. The van der Waals surface area contributed by atoms with Crippen molar-refractivity contribution in [2.45, 2.75) is 62.6 Å². The molecule has 1 atom stereocenters. The van der Waals surface area contributed by atoms with Crippen LogP contribution in [0.15, 0.2) is 119 Å². The van der Waals surface area contributed by atoms with Crippen LogP contribution in [0.3, 0.4) is 0 Å². The highest BCUT2D eigenvalue weighted by molar-refractivity contribution is 9.10. The van der Waals surface area contributed by atoms with Crippen LogP contribution >= 0.6 is 15.9 Å². The predicted octanol–water partition coefficient (Wildman–Crippen LogP) is 6.65. The molecular weight excluding hydrogens is 650 g/mol. The summed E-state index contributed by atoms with van der Waals surface area (Å²) in [5.41, 5.74) is 2.97. The highest BCUT2D eigenvalue weighted by Crippen LogP contribution is 2.26. The number of hydrogen-bond acceptors (Lipinski definition) is 4. The van der Waals surface area contributed by atoms with Gasteiger partial charge in [0.05, 0.1) is 10.6 Å². The molecule has 1 aliphatic rings. The van der Waals surface area contributed by atoms with E-state index in [9.17, 15) is 18.0 Å². The smallest absolute Gasteiger partial charge is 0.264 e. The average Bonchev–Trinajstić information content (AvgIpc) is 3.56. The largest absolute Gasteiger partial charge is 0.352 e. The van der Waals surface area contributed by atoms with Gasteiger partial charge in [-0.05, 0) is 72.9 Å². The number of anilines is 1. The van der Waals surface area contributed by atoms with E-state index < -0.39 is 28.5 Å². The highest BCUT2D eigenvalue weighted by Gasteiger charge is 2.35.